The second-order valence-corrected chi connectivity index (χ2v) is 4.21. The van der Waals surface area contributed by atoms with E-state index in [1.807, 2.05) is 13.8 Å². The number of benzene rings is 1. The number of H-pyrrole nitrogens is 1. The lowest BCUT2D eigenvalue weighted by Crippen LogP contribution is -1.95. The van der Waals surface area contributed by atoms with Crippen molar-refractivity contribution in [1.29, 1.82) is 0 Å². The molecule has 0 atom stereocenters. The van der Waals surface area contributed by atoms with Crippen LogP contribution in [0, 0.1) is 11.6 Å². The number of aromatic nitrogens is 2. The molecule has 0 radical (unpaired) electrons. The maximum Gasteiger partial charge on any atom is 0.149 e. The number of rotatable bonds is 2. The van der Waals surface area contributed by atoms with Gasteiger partial charge in [0.25, 0.3) is 0 Å². The normalized spacial score (nSPS) is 11.1. The van der Waals surface area contributed by atoms with E-state index in [1.54, 1.807) is 0 Å². The minimum Gasteiger partial charge on any atom is -0.382 e. The SMILES string of the molecule is CC(C)c1c(N)n[nH]c1-c1cc(F)cc(F)c1. The van der Waals surface area contributed by atoms with E-state index in [1.165, 1.54) is 12.1 Å². The van der Waals surface area contributed by atoms with Crippen molar-refractivity contribution >= 4 is 5.82 Å². The average molecular weight is 237 g/mol. The van der Waals surface area contributed by atoms with Gasteiger partial charge in [-0.1, -0.05) is 13.8 Å². The standard InChI is InChI=1S/C12H13F2N3/c1-6(2)10-11(16-17-12(10)15)7-3-8(13)5-9(14)4-7/h3-6H,1-2H3,(H3,15,16,17). The largest absolute Gasteiger partial charge is 0.382 e. The number of anilines is 1. The molecule has 0 amide bonds. The third-order valence-corrected chi connectivity index (χ3v) is 2.56. The Morgan fingerprint density at radius 3 is 2.29 bits per heavy atom. The van der Waals surface area contributed by atoms with Crippen molar-refractivity contribution in [3.8, 4) is 11.3 Å². The second-order valence-electron chi connectivity index (χ2n) is 4.21. The molecular formula is C12H13F2N3. The zero-order valence-corrected chi connectivity index (χ0v) is 9.59. The summed E-state index contributed by atoms with van der Waals surface area (Å²) in [5.41, 5.74) is 7.48. The summed E-state index contributed by atoms with van der Waals surface area (Å²) < 4.78 is 26.3. The van der Waals surface area contributed by atoms with Crippen molar-refractivity contribution in [1.82, 2.24) is 10.2 Å². The first kappa shape index (κ1) is 11.6. The van der Waals surface area contributed by atoms with E-state index in [-0.39, 0.29) is 5.92 Å². The molecule has 0 bridgehead atoms. The van der Waals surface area contributed by atoms with Gasteiger partial charge in [0, 0.05) is 17.2 Å². The summed E-state index contributed by atoms with van der Waals surface area (Å²) in [5.74, 6) is -0.763. The maximum atomic E-state index is 13.1. The van der Waals surface area contributed by atoms with Crippen molar-refractivity contribution in [2.45, 2.75) is 19.8 Å². The number of halogens is 2. The summed E-state index contributed by atoms with van der Waals surface area (Å²) >= 11 is 0. The van der Waals surface area contributed by atoms with Crippen LogP contribution in [0.2, 0.25) is 0 Å². The first-order chi connectivity index (χ1) is 7.99. The molecule has 0 saturated carbocycles. The van der Waals surface area contributed by atoms with E-state index in [4.69, 9.17) is 5.73 Å². The van der Waals surface area contributed by atoms with Crippen molar-refractivity contribution < 1.29 is 8.78 Å². The summed E-state index contributed by atoms with van der Waals surface area (Å²) in [4.78, 5) is 0. The molecule has 3 nitrogen and oxygen atoms in total. The van der Waals surface area contributed by atoms with Crippen LogP contribution in [0.25, 0.3) is 11.3 Å². The Morgan fingerprint density at radius 2 is 1.76 bits per heavy atom. The molecule has 0 fully saturated rings. The smallest absolute Gasteiger partial charge is 0.149 e. The molecular weight excluding hydrogens is 224 g/mol. The molecule has 17 heavy (non-hydrogen) atoms. The molecule has 0 saturated heterocycles. The highest BCUT2D eigenvalue weighted by molar-refractivity contribution is 5.68. The van der Waals surface area contributed by atoms with Gasteiger partial charge in [-0.05, 0) is 18.1 Å². The number of aromatic amines is 1. The van der Waals surface area contributed by atoms with E-state index in [9.17, 15) is 8.78 Å². The summed E-state index contributed by atoms with van der Waals surface area (Å²) in [6, 6.07) is 3.34. The van der Waals surface area contributed by atoms with Crippen LogP contribution in [-0.2, 0) is 0 Å². The van der Waals surface area contributed by atoms with Crippen LogP contribution in [0.1, 0.15) is 25.3 Å². The molecule has 1 heterocycles. The second kappa shape index (κ2) is 4.16. The van der Waals surface area contributed by atoms with Gasteiger partial charge in [0.05, 0.1) is 5.69 Å². The number of nitrogens with one attached hydrogen (secondary N) is 1. The highest BCUT2D eigenvalue weighted by Crippen LogP contribution is 2.31. The molecule has 0 aliphatic rings. The first-order valence-electron chi connectivity index (χ1n) is 5.29. The lowest BCUT2D eigenvalue weighted by Gasteiger charge is -2.07. The monoisotopic (exact) mass is 237 g/mol. The van der Waals surface area contributed by atoms with Gasteiger partial charge in [-0.3, -0.25) is 5.10 Å². The van der Waals surface area contributed by atoms with Crippen LogP contribution in [0.3, 0.4) is 0 Å². The van der Waals surface area contributed by atoms with E-state index in [2.05, 4.69) is 10.2 Å². The van der Waals surface area contributed by atoms with Crippen LogP contribution in [0.4, 0.5) is 14.6 Å². The highest BCUT2D eigenvalue weighted by atomic mass is 19.1. The van der Waals surface area contributed by atoms with Crippen molar-refractivity contribution in [2.75, 3.05) is 5.73 Å². The molecule has 5 heteroatoms. The summed E-state index contributed by atoms with van der Waals surface area (Å²) in [5, 5.41) is 6.60. The number of hydrogen-bond donors (Lipinski definition) is 2. The van der Waals surface area contributed by atoms with Gasteiger partial charge in [-0.2, -0.15) is 5.10 Å². The third kappa shape index (κ3) is 2.13. The number of nitrogens with two attached hydrogens (primary N) is 1. The lowest BCUT2D eigenvalue weighted by atomic mass is 9.98. The zero-order valence-electron chi connectivity index (χ0n) is 9.59. The maximum absolute atomic E-state index is 13.1. The fraction of sp³-hybridized carbons (Fsp3) is 0.250. The predicted molar refractivity (Wildman–Crippen MR) is 62.4 cm³/mol. The van der Waals surface area contributed by atoms with Gasteiger partial charge in [0.1, 0.15) is 17.5 Å². The quantitative estimate of drug-likeness (QED) is 0.843. The zero-order chi connectivity index (χ0) is 12.6. The van der Waals surface area contributed by atoms with E-state index in [0.717, 1.165) is 11.6 Å². The van der Waals surface area contributed by atoms with Crippen LogP contribution in [0.15, 0.2) is 18.2 Å². The van der Waals surface area contributed by atoms with Gasteiger partial charge in [-0.25, -0.2) is 8.78 Å². The summed E-state index contributed by atoms with van der Waals surface area (Å²) in [6.45, 7) is 3.89. The average Bonchev–Trinajstić information content (AvgIpc) is 2.58. The molecule has 0 spiro atoms. The predicted octanol–water partition coefficient (Wildman–Crippen LogP) is 3.06. The fourth-order valence-corrected chi connectivity index (χ4v) is 1.87. The highest BCUT2D eigenvalue weighted by Gasteiger charge is 2.16. The van der Waals surface area contributed by atoms with E-state index >= 15 is 0 Å². The van der Waals surface area contributed by atoms with Gasteiger partial charge in [0.15, 0.2) is 0 Å². The van der Waals surface area contributed by atoms with Gasteiger partial charge in [0.2, 0.25) is 0 Å². The number of hydrogen-bond acceptors (Lipinski definition) is 2. The molecule has 0 aliphatic heterocycles. The molecule has 2 aromatic rings. The van der Waals surface area contributed by atoms with Crippen LogP contribution >= 0.6 is 0 Å². The molecule has 3 N–H and O–H groups in total. The van der Waals surface area contributed by atoms with Crippen molar-refractivity contribution in [3.63, 3.8) is 0 Å². The Bertz CT molecular complexity index is 526. The fourth-order valence-electron chi connectivity index (χ4n) is 1.87. The molecule has 90 valence electrons. The molecule has 0 aliphatic carbocycles. The Morgan fingerprint density at radius 1 is 1.18 bits per heavy atom. The van der Waals surface area contributed by atoms with Gasteiger partial charge in [-0.15, -0.1) is 0 Å². The topological polar surface area (TPSA) is 54.7 Å². The summed E-state index contributed by atoms with van der Waals surface area (Å²) in [7, 11) is 0. The Kier molecular flexibility index (Phi) is 2.83. The van der Waals surface area contributed by atoms with Crippen molar-refractivity contribution in [2.24, 2.45) is 0 Å². The molecule has 1 aromatic heterocycles. The van der Waals surface area contributed by atoms with Crippen LogP contribution in [-0.4, -0.2) is 10.2 Å². The Hall–Kier alpha value is -1.91. The first-order valence-corrected chi connectivity index (χ1v) is 5.29. The minimum atomic E-state index is -0.622. The Balaban J connectivity index is 2.60. The Labute approximate surface area is 97.7 Å². The molecule has 0 unspecified atom stereocenters. The third-order valence-electron chi connectivity index (χ3n) is 2.56. The van der Waals surface area contributed by atoms with Crippen LogP contribution < -0.4 is 5.73 Å². The van der Waals surface area contributed by atoms with Crippen LogP contribution in [0.5, 0.6) is 0 Å². The summed E-state index contributed by atoms with van der Waals surface area (Å²) in [6.07, 6.45) is 0. The number of nitrogens with zero attached hydrogens (tertiary/aromatic N) is 1. The van der Waals surface area contributed by atoms with E-state index in [0.29, 0.717) is 17.1 Å². The lowest BCUT2D eigenvalue weighted by molar-refractivity contribution is 0.584. The number of nitrogen functional groups attached to an aromatic ring is 1. The molecule has 2 rings (SSSR count). The minimum absolute atomic E-state index is 0.120. The van der Waals surface area contributed by atoms with Gasteiger partial charge >= 0.3 is 0 Å². The molecule has 1 aromatic carbocycles. The van der Waals surface area contributed by atoms with E-state index < -0.39 is 11.6 Å². The van der Waals surface area contributed by atoms with Gasteiger partial charge < -0.3 is 5.73 Å². The van der Waals surface area contributed by atoms with Crippen molar-refractivity contribution in [3.05, 3.63) is 35.4 Å².